The Labute approximate surface area is 80.3 Å². The van der Waals surface area contributed by atoms with E-state index in [4.69, 9.17) is 4.74 Å². The Hall–Kier alpha value is -1.16. The Balaban J connectivity index is 2.71. The van der Waals surface area contributed by atoms with E-state index in [1.54, 1.807) is 11.4 Å². The minimum absolute atomic E-state index is 0.0248. The van der Waals surface area contributed by atoms with E-state index in [-0.39, 0.29) is 18.2 Å². The van der Waals surface area contributed by atoms with Gasteiger partial charge in [-0.25, -0.2) is 0 Å². The highest BCUT2D eigenvalue weighted by atomic mass is 32.1. The lowest BCUT2D eigenvalue weighted by atomic mass is 10.3. The molecule has 0 saturated heterocycles. The van der Waals surface area contributed by atoms with Crippen molar-refractivity contribution in [3.8, 4) is 5.75 Å². The molecule has 1 aromatic heterocycles. The molecule has 13 heavy (non-hydrogen) atoms. The molecular weight excluding hydrogens is 188 g/mol. The van der Waals surface area contributed by atoms with E-state index in [0.717, 1.165) is 0 Å². The Bertz CT molecular complexity index is 327. The lowest BCUT2D eigenvalue weighted by molar-refractivity contribution is -0.118. The van der Waals surface area contributed by atoms with Crippen LogP contribution >= 0.6 is 11.3 Å². The highest BCUT2D eigenvalue weighted by Gasteiger charge is 2.10. The SMILES string of the molecule is CC(=O)COc1ccsc1C(C)=O. The molecule has 0 fully saturated rings. The van der Waals surface area contributed by atoms with Gasteiger partial charge in [0.1, 0.15) is 17.2 Å². The van der Waals surface area contributed by atoms with E-state index in [2.05, 4.69) is 0 Å². The number of Topliss-reactive ketones (excluding diaryl/α,β-unsaturated/α-hetero) is 2. The van der Waals surface area contributed by atoms with Gasteiger partial charge in [0.25, 0.3) is 0 Å². The van der Waals surface area contributed by atoms with E-state index in [0.29, 0.717) is 10.6 Å². The first-order valence-corrected chi connectivity index (χ1v) is 4.70. The molecule has 4 heteroatoms. The fraction of sp³-hybridized carbons (Fsp3) is 0.333. The minimum Gasteiger partial charge on any atom is -0.484 e. The summed E-state index contributed by atoms with van der Waals surface area (Å²) in [5.74, 6) is 0.418. The van der Waals surface area contributed by atoms with Gasteiger partial charge in [-0.2, -0.15) is 0 Å². The molecule has 0 aliphatic carbocycles. The third-order valence-electron chi connectivity index (χ3n) is 1.38. The molecule has 0 saturated carbocycles. The molecule has 0 amide bonds. The van der Waals surface area contributed by atoms with E-state index in [1.807, 2.05) is 0 Å². The second-order valence-electron chi connectivity index (χ2n) is 2.66. The Morgan fingerprint density at radius 3 is 2.69 bits per heavy atom. The molecule has 70 valence electrons. The number of hydrogen-bond acceptors (Lipinski definition) is 4. The lowest BCUT2D eigenvalue weighted by Crippen LogP contribution is -2.07. The minimum atomic E-state index is -0.0549. The van der Waals surface area contributed by atoms with Crippen LogP contribution in [0.3, 0.4) is 0 Å². The maximum atomic E-state index is 11.0. The molecule has 0 aromatic carbocycles. The molecule has 1 heterocycles. The molecule has 0 spiro atoms. The number of ketones is 2. The van der Waals surface area contributed by atoms with Crippen molar-refractivity contribution in [2.24, 2.45) is 0 Å². The molecule has 0 bridgehead atoms. The van der Waals surface area contributed by atoms with Gasteiger partial charge >= 0.3 is 0 Å². The van der Waals surface area contributed by atoms with Gasteiger partial charge in [0.15, 0.2) is 11.6 Å². The van der Waals surface area contributed by atoms with Gasteiger partial charge in [-0.3, -0.25) is 9.59 Å². The van der Waals surface area contributed by atoms with Crippen LogP contribution in [0.15, 0.2) is 11.4 Å². The summed E-state index contributed by atoms with van der Waals surface area (Å²) in [7, 11) is 0. The van der Waals surface area contributed by atoms with Crippen molar-refractivity contribution in [3.63, 3.8) is 0 Å². The summed E-state index contributed by atoms with van der Waals surface area (Å²) in [6.07, 6.45) is 0. The Morgan fingerprint density at radius 2 is 2.15 bits per heavy atom. The lowest BCUT2D eigenvalue weighted by Gasteiger charge is -2.01. The van der Waals surface area contributed by atoms with Crippen LogP contribution in [-0.2, 0) is 4.79 Å². The highest BCUT2D eigenvalue weighted by molar-refractivity contribution is 7.12. The predicted octanol–water partition coefficient (Wildman–Crippen LogP) is 1.92. The largest absolute Gasteiger partial charge is 0.484 e. The molecule has 3 nitrogen and oxygen atoms in total. The third kappa shape index (κ3) is 2.66. The average Bonchev–Trinajstić information content (AvgIpc) is 2.47. The van der Waals surface area contributed by atoms with Crippen LogP contribution in [0.1, 0.15) is 23.5 Å². The first-order chi connectivity index (χ1) is 6.11. The van der Waals surface area contributed by atoms with Crippen molar-refractivity contribution in [2.75, 3.05) is 6.61 Å². The maximum Gasteiger partial charge on any atom is 0.173 e. The second-order valence-corrected chi connectivity index (χ2v) is 3.58. The third-order valence-corrected chi connectivity index (χ3v) is 2.38. The van der Waals surface area contributed by atoms with Gasteiger partial charge in [-0.05, 0) is 18.4 Å². The molecule has 0 unspecified atom stereocenters. The zero-order valence-corrected chi connectivity index (χ0v) is 8.31. The maximum absolute atomic E-state index is 11.0. The first kappa shape index (κ1) is 9.92. The summed E-state index contributed by atoms with van der Waals surface area (Å²) in [5, 5.41) is 1.77. The molecule has 0 radical (unpaired) electrons. The number of thiophene rings is 1. The summed E-state index contributed by atoms with van der Waals surface area (Å²) in [5.41, 5.74) is 0. The predicted molar refractivity (Wildman–Crippen MR) is 50.5 cm³/mol. The number of carbonyl (C=O) groups excluding carboxylic acids is 2. The average molecular weight is 198 g/mol. The summed E-state index contributed by atoms with van der Waals surface area (Å²) < 4.78 is 5.14. The van der Waals surface area contributed by atoms with Crippen LogP contribution in [-0.4, -0.2) is 18.2 Å². The first-order valence-electron chi connectivity index (χ1n) is 3.82. The molecule has 0 N–H and O–H groups in total. The van der Waals surface area contributed by atoms with Crippen LogP contribution in [0.4, 0.5) is 0 Å². The van der Waals surface area contributed by atoms with E-state index in [9.17, 15) is 9.59 Å². The summed E-state index contributed by atoms with van der Waals surface area (Å²) in [4.78, 5) is 22.2. The van der Waals surface area contributed by atoms with Crippen molar-refractivity contribution in [1.82, 2.24) is 0 Å². The fourth-order valence-electron chi connectivity index (χ4n) is 0.847. The smallest absolute Gasteiger partial charge is 0.173 e. The van der Waals surface area contributed by atoms with E-state index >= 15 is 0 Å². The molecule has 0 aliphatic heterocycles. The monoisotopic (exact) mass is 198 g/mol. The van der Waals surface area contributed by atoms with Gasteiger partial charge < -0.3 is 4.74 Å². The Kier molecular flexibility index (Phi) is 3.19. The molecule has 0 atom stereocenters. The van der Waals surface area contributed by atoms with Gasteiger partial charge in [0, 0.05) is 6.92 Å². The van der Waals surface area contributed by atoms with E-state index in [1.165, 1.54) is 25.2 Å². The number of rotatable bonds is 4. The molecule has 1 aromatic rings. The standard InChI is InChI=1S/C9H10O3S/c1-6(10)5-12-8-3-4-13-9(8)7(2)11/h3-4H,5H2,1-2H3. The van der Waals surface area contributed by atoms with Gasteiger partial charge in [0.2, 0.25) is 0 Å². The second kappa shape index (κ2) is 4.18. The van der Waals surface area contributed by atoms with Crippen molar-refractivity contribution in [2.45, 2.75) is 13.8 Å². The van der Waals surface area contributed by atoms with Crippen molar-refractivity contribution in [3.05, 3.63) is 16.3 Å². The molecule has 1 rings (SSSR count). The van der Waals surface area contributed by atoms with Crippen molar-refractivity contribution in [1.29, 1.82) is 0 Å². The normalized spacial score (nSPS) is 9.69. The van der Waals surface area contributed by atoms with Gasteiger partial charge in [-0.15, -0.1) is 11.3 Å². The van der Waals surface area contributed by atoms with Crippen LogP contribution in [0.5, 0.6) is 5.75 Å². The molecular formula is C9H10O3S. The topological polar surface area (TPSA) is 43.4 Å². The van der Waals surface area contributed by atoms with Gasteiger partial charge in [-0.1, -0.05) is 0 Å². The fourth-order valence-corrected chi connectivity index (χ4v) is 1.58. The number of carbonyl (C=O) groups is 2. The highest BCUT2D eigenvalue weighted by Crippen LogP contribution is 2.24. The van der Waals surface area contributed by atoms with Crippen molar-refractivity contribution >= 4 is 22.9 Å². The summed E-state index contributed by atoms with van der Waals surface area (Å²) >= 11 is 1.32. The zero-order valence-electron chi connectivity index (χ0n) is 7.49. The molecule has 0 aliphatic rings. The van der Waals surface area contributed by atoms with Gasteiger partial charge in [0.05, 0.1) is 0 Å². The summed E-state index contributed by atoms with van der Waals surface area (Å²) in [6, 6.07) is 1.70. The number of ether oxygens (including phenoxy) is 1. The Morgan fingerprint density at radius 1 is 1.46 bits per heavy atom. The summed E-state index contributed by atoms with van der Waals surface area (Å²) in [6.45, 7) is 2.95. The zero-order chi connectivity index (χ0) is 9.84. The number of hydrogen-bond donors (Lipinski definition) is 0. The quantitative estimate of drug-likeness (QED) is 0.694. The van der Waals surface area contributed by atoms with E-state index < -0.39 is 0 Å². The van der Waals surface area contributed by atoms with Crippen LogP contribution in [0, 0.1) is 0 Å². The van der Waals surface area contributed by atoms with Crippen LogP contribution < -0.4 is 4.74 Å². The van der Waals surface area contributed by atoms with Crippen LogP contribution in [0.2, 0.25) is 0 Å². The van der Waals surface area contributed by atoms with Crippen molar-refractivity contribution < 1.29 is 14.3 Å². The van der Waals surface area contributed by atoms with Crippen LogP contribution in [0.25, 0.3) is 0 Å².